The van der Waals surface area contributed by atoms with Crippen molar-refractivity contribution in [1.29, 1.82) is 0 Å². The van der Waals surface area contributed by atoms with E-state index in [9.17, 15) is 0 Å². The molecular weight excluding hydrogens is 266 g/mol. The largest absolute Gasteiger partial charge is 0.486 e. The fourth-order valence-electron chi connectivity index (χ4n) is 2.06. The van der Waals surface area contributed by atoms with Crippen molar-refractivity contribution in [3.63, 3.8) is 0 Å². The number of ether oxygens (including phenoxy) is 2. The third-order valence-electron chi connectivity index (χ3n) is 3.08. The number of anilines is 1. The van der Waals surface area contributed by atoms with Gasteiger partial charge in [0.1, 0.15) is 6.61 Å². The number of nitrogens with one attached hydrogen (secondary N) is 1. The Morgan fingerprint density at radius 3 is 2.62 bits per heavy atom. The minimum atomic E-state index is -0.129. The van der Waals surface area contributed by atoms with Crippen LogP contribution in [0.25, 0.3) is 0 Å². The number of rotatable bonds is 3. The van der Waals surface area contributed by atoms with Gasteiger partial charge in [0.15, 0.2) is 23.6 Å². The Balaban J connectivity index is 1.57. The lowest BCUT2D eigenvalue weighted by Gasteiger charge is -2.25. The van der Waals surface area contributed by atoms with Crippen molar-refractivity contribution < 1.29 is 9.47 Å². The number of para-hydroxylation sites is 3. The van der Waals surface area contributed by atoms with E-state index in [1.165, 1.54) is 0 Å². The van der Waals surface area contributed by atoms with Crippen molar-refractivity contribution in [2.24, 2.45) is 10.7 Å². The maximum Gasteiger partial charge on any atom is 0.193 e. The number of hydrogen-bond acceptors (Lipinski definition) is 3. The highest BCUT2D eigenvalue weighted by atomic mass is 16.6. The van der Waals surface area contributed by atoms with Crippen LogP contribution in [0.4, 0.5) is 5.69 Å². The third-order valence-corrected chi connectivity index (χ3v) is 3.08. The Hall–Kier alpha value is -2.69. The lowest BCUT2D eigenvalue weighted by atomic mass is 10.2. The molecule has 1 aliphatic heterocycles. The molecule has 1 atom stereocenters. The van der Waals surface area contributed by atoms with Crippen molar-refractivity contribution in [2.45, 2.75) is 6.10 Å². The van der Waals surface area contributed by atoms with E-state index in [0.717, 1.165) is 17.2 Å². The van der Waals surface area contributed by atoms with Gasteiger partial charge in [-0.15, -0.1) is 0 Å². The van der Waals surface area contributed by atoms with Crippen LogP contribution >= 0.6 is 0 Å². The van der Waals surface area contributed by atoms with Crippen molar-refractivity contribution in [2.75, 3.05) is 18.5 Å². The first-order valence-electron chi connectivity index (χ1n) is 6.82. The molecule has 2 aromatic carbocycles. The highest BCUT2D eigenvalue weighted by Gasteiger charge is 2.20. The van der Waals surface area contributed by atoms with E-state index in [0.29, 0.717) is 19.1 Å². The Morgan fingerprint density at radius 2 is 1.81 bits per heavy atom. The monoisotopic (exact) mass is 283 g/mol. The van der Waals surface area contributed by atoms with Gasteiger partial charge in [-0.3, -0.25) is 0 Å². The fraction of sp³-hybridized carbons (Fsp3) is 0.188. The summed E-state index contributed by atoms with van der Waals surface area (Å²) in [4.78, 5) is 4.29. The smallest absolute Gasteiger partial charge is 0.193 e. The summed E-state index contributed by atoms with van der Waals surface area (Å²) >= 11 is 0. The highest BCUT2D eigenvalue weighted by molar-refractivity contribution is 5.92. The van der Waals surface area contributed by atoms with E-state index in [1.807, 2.05) is 54.6 Å². The van der Waals surface area contributed by atoms with Crippen LogP contribution in [0.15, 0.2) is 59.6 Å². The van der Waals surface area contributed by atoms with Crippen molar-refractivity contribution >= 4 is 11.6 Å². The zero-order chi connectivity index (χ0) is 14.5. The first-order chi connectivity index (χ1) is 10.3. The predicted octanol–water partition coefficient (Wildman–Crippen LogP) is 2.25. The van der Waals surface area contributed by atoms with E-state index in [-0.39, 0.29) is 6.10 Å². The molecule has 1 aliphatic rings. The van der Waals surface area contributed by atoms with E-state index < -0.39 is 0 Å². The van der Waals surface area contributed by atoms with Crippen LogP contribution in [0.1, 0.15) is 0 Å². The van der Waals surface area contributed by atoms with Gasteiger partial charge in [0, 0.05) is 5.69 Å². The standard InChI is InChI=1S/C16H17N3O2/c17-16(19-12-6-2-1-3-7-12)18-10-13-11-20-14-8-4-5-9-15(14)21-13/h1-9,13H,10-11H2,(H3,17,18,19)/t13-/m0/s1. The summed E-state index contributed by atoms with van der Waals surface area (Å²) in [5.74, 6) is 1.88. The second kappa shape index (κ2) is 6.17. The summed E-state index contributed by atoms with van der Waals surface area (Å²) in [5.41, 5.74) is 6.77. The number of guanidine groups is 1. The Kier molecular flexibility index (Phi) is 3.91. The number of nitrogens with two attached hydrogens (primary N) is 1. The number of benzene rings is 2. The molecule has 0 saturated heterocycles. The van der Waals surface area contributed by atoms with Gasteiger partial charge in [0.25, 0.3) is 0 Å². The molecule has 0 spiro atoms. The molecule has 2 aromatic rings. The molecular formula is C16H17N3O2. The summed E-state index contributed by atoms with van der Waals surface area (Å²) in [6.45, 7) is 0.916. The summed E-state index contributed by atoms with van der Waals surface area (Å²) in [6.07, 6.45) is -0.129. The van der Waals surface area contributed by atoms with Gasteiger partial charge in [0.05, 0.1) is 6.54 Å². The summed E-state index contributed by atoms with van der Waals surface area (Å²) in [7, 11) is 0. The summed E-state index contributed by atoms with van der Waals surface area (Å²) < 4.78 is 11.4. The molecule has 108 valence electrons. The molecule has 5 nitrogen and oxygen atoms in total. The highest BCUT2D eigenvalue weighted by Crippen LogP contribution is 2.30. The maximum atomic E-state index is 5.86. The Labute approximate surface area is 123 Å². The molecule has 0 bridgehead atoms. The third kappa shape index (κ3) is 3.45. The van der Waals surface area contributed by atoms with E-state index in [4.69, 9.17) is 15.2 Å². The van der Waals surface area contributed by atoms with Crippen molar-refractivity contribution in [3.8, 4) is 11.5 Å². The van der Waals surface area contributed by atoms with Crippen LogP contribution in [0.3, 0.4) is 0 Å². The normalized spacial score (nSPS) is 17.3. The zero-order valence-corrected chi connectivity index (χ0v) is 11.5. The molecule has 0 fully saturated rings. The molecule has 3 N–H and O–H groups in total. The van der Waals surface area contributed by atoms with Gasteiger partial charge in [-0.05, 0) is 24.3 Å². The Morgan fingerprint density at radius 1 is 1.10 bits per heavy atom. The van der Waals surface area contributed by atoms with Gasteiger partial charge in [0.2, 0.25) is 0 Å². The van der Waals surface area contributed by atoms with E-state index >= 15 is 0 Å². The molecule has 0 aliphatic carbocycles. The first-order valence-corrected chi connectivity index (χ1v) is 6.82. The van der Waals surface area contributed by atoms with Crippen LogP contribution in [0.2, 0.25) is 0 Å². The van der Waals surface area contributed by atoms with Crippen LogP contribution in [0, 0.1) is 0 Å². The lowest BCUT2D eigenvalue weighted by Crippen LogP contribution is -2.33. The molecule has 0 unspecified atom stereocenters. The van der Waals surface area contributed by atoms with Crippen LogP contribution in [0.5, 0.6) is 11.5 Å². The maximum absolute atomic E-state index is 5.86. The summed E-state index contributed by atoms with van der Waals surface area (Å²) in [5, 5.41) is 3.03. The Bertz CT molecular complexity index is 628. The van der Waals surface area contributed by atoms with Crippen LogP contribution in [-0.2, 0) is 0 Å². The predicted molar refractivity (Wildman–Crippen MR) is 82.9 cm³/mol. The number of hydrogen-bond donors (Lipinski definition) is 2. The van der Waals surface area contributed by atoms with Crippen LogP contribution < -0.4 is 20.5 Å². The van der Waals surface area contributed by atoms with Gasteiger partial charge in [-0.1, -0.05) is 30.3 Å². The number of fused-ring (bicyclic) bond motifs is 1. The molecule has 0 aromatic heterocycles. The summed E-state index contributed by atoms with van der Waals surface area (Å²) in [6, 6.07) is 17.3. The number of aliphatic imine (C=N–C) groups is 1. The number of nitrogens with zero attached hydrogens (tertiary/aromatic N) is 1. The first kappa shape index (κ1) is 13.3. The van der Waals surface area contributed by atoms with Crippen molar-refractivity contribution in [1.82, 2.24) is 0 Å². The minimum Gasteiger partial charge on any atom is -0.486 e. The molecule has 1 heterocycles. The average molecular weight is 283 g/mol. The molecule has 21 heavy (non-hydrogen) atoms. The van der Waals surface area contributed by atoms with E-state index in [1.54, 1.807) is 0 Å². The van der Waals surface area contributed by atoms with Crippen molar-refractivity contribution in [3.05, 3.63) is 54.6 Å². The SMILES string of the molecule is NC(=NC[C@H]1COc2ccccc2O1)Nc1ccccc1. The molecule has 0 saturated carbocycles. The second-order valence-electron chi connectivity index (χ2n) is 4.71. The topological polar surface area (TPSA) is 68.9 Å². The quantitative estimate of drug-likeness (QED) is 0.669. The van der Waals surface area contributed by atoms with Gasteiger partial charge >= 0.3 is 0 Å². The molecule has 0 amide bonds. The van der Waals surface area contributed by atoms with Gasteiger partial charge < -0.3 is 20.5 Å². The molecule has 3 rings (SSSR count). The average Bonchev–Trinajstić information content (AvgIpc) is 2.54. The van der Waals surface area contributed by atoms with Crippen LogP contribution in [-0.4, -0.2) is 25.2 Å². The molecule has 5 heteroatoms. The lowest BCUT2D eigenvalue weighted by molar-refractivity contribution is 0.0972. The van der Waals surface area contributed by atoms with E-state index in [2.05, 4.69) is 10.3 Å². The molecule has 0 radical (unpaired) electrons. The minimum absolute atomic E-state index is 0.129. The fourth-order valence-corrected chi connectivity index (χ4v) is 2.06. The zero-order valence-electron chi connectivity index (χ0n) is 11.5. The van der Waals surface area contributed by atoms with Gasteiger partial charge in [-0.25, -0.2) is 4.99 Å². The van der Waals surface area contributed by atoms with Gasteiger partial charge in [-0.2, -0.15) is 0 Å². The second-order valence-corrected chi connectivity index (χ2v) is 4.71.